The summed E-state index contributed by atoms with van der Waals surface area (Å²) in [4.78, 5) is 15.6. The van der Waals surface area contributed by atoms with Crippen molar-refractivity contribution in [3.05, 3.63) is 34.9 Å². The molecule has 0 aromatic heterocycles. The van der Waals surface area contributed by atoms with Crippen molar-refractivity contribution in [2.24, 2.45) is 0 Å². The molecule has 116 valence electrons. The molecule has 1 amide bonds. The molecule has 6 heteroatoms. The molecule has 0 spiro atoms. The third-order valence-electron chi connectivity index (χ3n) is 3.69. The van der Waals surface area contributed by atoms with Gasteiger partial charge in [-0.15, -0.1) is 0 Å². The van der Waals surface area contributed by atoms with E-state index >= 15 is 0 Å². The molecule has 1 heterocycles. The molecule has 1 aromatic carbocycles. The van der Waals surface area contributed by atoms with Crippen LogP contribution in [0.25, 0.3) is 0 Å². The highest BCUT2D eigenvalue weighted by molar-refractivity contribution is 6.30. The van der Waals surface area contributed by atoms with Crippen LogP contribution >= 0.6 is 11.6 Å². The number of likely N-dealkylation sites (N-methyl/N-ethyl adjacent to an activating group) is 1. The average Bonchev–Trinajstić information content (AvgIpc) is 2.67. The number of aliphatic hydroxyl groups is 2. The molecule has 0 aliphatic carbocycles. The van der Waals surface area contributed by atoms with Gasteiger partial charge in [-0.3, -0.25) is 4.79 Å². The van der Waals surface area contributed by atoms with Crippen LogP contribution in [0.4, 0.5) is 0 Å². The first kappa shape index (κ1) is 16.2. The molecule has 0 radical (unpaired) electrons. The van der Waals surface area contributed by atoms with Gasteiger partial charge in [0.25, 0.3) is 0 Å². The molecule has 1 aromatic rings. The van der Waals surface area contributed by atoms with E-state index in [-0.39, 0.29) is 25.4 Å². The van der Waals surface area contributed by atoms with E-state index in [4.69, 9.17) is 11.6 Å². The Morgan fingerprint density at radius 3 is 2.62 bits per heavy atom. The molecule has 21 heavy (non-hydrogen) atoms. The number of nitrogens with zero attached hydrogens (tertiary/aromatic N) is 2. The van der Waals surface area contributed by atoms with Gasteiger partial charge in [0.15, 0.2) is 0 Å². The molecule has 0 saturated carbocycles. The molecule has 1 fully saturated rings. The number of rotatable bonds is 4. The van der Waals surface area contributed by atoms with Crippen LogP contribution in [0, 0.1) is 0 Å². The maximum absolute atomic E-state index is 12.3. The van der Waals surface area contributed by atoms with E-state index in [1.165, 1.54) is 4.90 Å². The van der Waals surface area contributed by atoms with E-state index in [0.717, 1.165) is 5.56 Å². The van der Waals surface area contributed by atoms with Gasteiger partial charge in [-0.25, -0.2) is 0 Å². The van der Waals surface area contributed by atoms with Crippen LogP contribution in [-0.2, 0) is 11.2 Å². The number of halogens is 1. The molecular formula is C15H21ClN2O3. The van der Waals surface area contributed by atoms with Gasteiger partial charge in [0.2, 0.25) is 5.91 Å². The maximum Gasteiger partial charge on any atom is 0.227 e. The average molecular weight is 313 g/mol. The van der Waals surface area contributed by atoms with Gasteiger partial charge in [0.1, 0.15) is 11.7 Å². The van der Waals surface area contributed by atoms with Gasteiger partial charge in [-0.2, -0.15) is 0 Å². The Bertz CT molecular complexity index is 506. The number of carbonyl (C=O) groups is 1. The van der Waals surface area contributed by atoms with Crippen molar-refractivity contribution in [3.8, 4) is 0 Å². The third kappa shape index (κ3) is 3.95. The zero-order chi connectivity index (χ0) is 15.6. The van der Waals surface area contributed by atoms with Crippen molar-refractivity contribution in [2.45, 2.75) is 18.1 Å². The predicted octanol–water partition coefficient (Wildman–Crippen LogP) is 0.378. The summed E-state index contributed by atoms with van der Waals surface area (Å²) in [6.45, 7) is 0.633. The zero-order valence-electron chi connectivity index (χ0n) is 12.3. The first-order valence-corrected chi connectivity index (χ1v) is 7.25. The highest BCUT2D eigenvalue weighted by atomic mass is 35.5. The monoisotopic (exact) mass is 312 g/mol. The molecule has 1 saturated heterocycles. The molecule has 1 aliphatic rings. The minimum atomic E-state index is -1.26. The second-order valence-electron chi connectivity index (χ2n) is 5.93. The Morgan fingerprint density at radius 1 is 1.43 bits per heavy atom. The SMILES string of the molecule is CN(C)C[C@]1(O)CN(C(=O)Cc2ccc(Cl)cc2)C[C@H]1O. The first-order chi connectivity index (χ1) is 9.80. The lowest BCUT2D eigenvalue weighted by Gasteiger charge is -2.28. The fourth-order valence-corrected chi connectivity index (χ4v) is 2.79. The summed E-state index contributed by atoms with van der Waals surface area (Å²) < 4.78 is 0. The van der Waals surface area contributed by atoms with E-state index in [0.29, 0.717) is 11.6 Å². The van der Waals surface area contributed by atoms with Crippen LogP contribution in [0.2, 0.25) is 5.02 Å². The van der Waals surface area contributed by atoms with E-state index in [9.17, 15) is 15.0 Å². The lowest BCUT2D eigenvalue weighted by molar-refractivity contribution is -0.130. The number of β-amino-alcohol motifs (C(OH)–C–C–N with tert-alkyl or cyclic N) is 2. The molecule has 1 aliphatic heterocycles. The van der Waals surface area contributed by atoms with Crippen molar-refractivity contribution in [3.63, 3.8) is 0 Å². The summed E-state index contributed by atoms with van der Waals surface area (Å²) in [6.07, 6.45) is -0.684. The van der Waals surface area contributed by atoms with Crippen LogP contribution in [0.5, 0.6) is 0 Å². The third-order valence-corrected chi connectivity index (χ3v) is 3.94. The standard InChI is InChI=1S/C15H21ClN2O3/c1-17(2)9-15(21)10-18(8-13(15)19)14(20)7-11-3-5-12(16)6-4-11/h3-6,13,19,21H,7-10H2,1-2H3/t13-,15+/m1/s1. The Morgan fingerprint density at radius 2 is 2.05 bits per heavy atom. The molecular weight excluding hydrogens is 292 g/mol. The van der Waals surface area contributed by atoms with Crippen molar-refractivity contribution in [1.82, 2.24) is 9.80 Å². The predicted molar refractivity (Wildman–Crippen MR) is 81.2 cm³/mol. The van der Waals surface area contributed by atoms with E-state index in [1.807, 2.05) is 14.1 Å². The van der Waals surface area contributed by atoms with Crippen LogP contribution in [0.15, 0.2) is 24.3 Å². The maximum atomic E-state index is 12.3. The quantitative estimate of drug-likeness (QED) is 0.843. The van der Waals surface area contributed by atoms with Gasteiger partial charge in [0, 0.05) is 18.1 Å². The van der Waals surface area contributed by atoms with Crippen LogP contribution in [-0.4, -0.2) is 71.4 Å². The second-order valence-corrected chi connectivity index (χ2v) is 6.37. The fourth-order valence-electron chi connectivity index (χ4n) is 2.66. The van der Waals surface area contributed by atoms with Crippen molar-refractivity contribution < 1.29 is 15.0 Å². The second kappa shape index (κ2) is 6.32. The summed E-state index contributed by atoms with van der Waals surface area (Å²) in [7, 11) is 3.64. The summed E-state index contributed by atoms with van der Waals surface area (Å²) >= 11 is 5.81. The minimum absolute atomic E-state index is 0.106. The van der Waals surface area contributed by atoms with E-state index in [1.54, 1.807) is 29.2 Å². The van der Waals surface area contributed by atoms with Crippen molar-refractivity contribution >= 4 is 17.5 Å². The van der Waals surface area contributed by atoms with Gasteiger partial charge >= 0.3 is 0 Å². The Labute approximate surface area is 129 Å². The van der Waals surface area contributed by atoms with Crippen molar-refractivity contribution in [1.29, 1.82) is 0 Å². The Kier molecular flexibility index (Phi) is 4.88. The van der Waals surface area contributed by atoms with Crippen LogP contribution in [0.1, 0.15) is 5.56 Å². The first-order valence-electron chi connectivity index (χ1n) is 6.87. The number of likely N-dealkylation sites (tertiary alicyclic amines) is 1. The summed E-state index contributed by atoms with van der Waals surface area (Å²) in [6, 6.07) is 7.09. The number of benzene rings is 1. The zero-order valence-corrected chi connectivity index (χ0v) is 13.0. The number of amides is 1. The summed E-state index contributed by atoms with van der Waals surface area (Å²) in [5.74, 6) is -0.106. The van der Waals surface area contributed by atoms with Gasteiger partial charge in [-0.1, -0.05) is 23.7 Å². The minimum Gasteiger partial charge on any atom is -0.388 e. The fraction of sp³-hybridized carbons (Fsp3) is 0.533. The lowest BCUT2D eigenvalue weighted by Crippen LogP contribution is -2.49. The highest BCUT2D eigenvalue weighted by Gasteiger charge is 2.46. The van der Waals surface area contributed by atoms with Crippen LogP contribution in [0.3, 0.4) is 0 Å². The summed E-state index contributed by atoms with van der Waals surface area (Å²) in [5, 5.41) is 21.1. The molecule has 2 atom stereocenters. The Balaban J connectivity index is 1.99. The summed E-state index contributed by atoms with van der Waals surface area (Å²) in [5.41, 5.74) is -0.402. The van der Waals surface area contributed by atoms with Gasteiger partial charge < -0.3 is 20.0 Å². The van der Waals surface area contributed by atoms with Crippen LogP contribution < -0.4 is 0 Å². The highest BCUT2D eigenvalue weighted by Crippen LogP contribution is 2.23. The van der Waals surface area contributed by atoms with Gasteiger partial charge in [-0.05, 0) is 31.8 Å². The molecule has 0 unspecified atom stereocenters. The molecule has 2 N–H and O–H groups in total. The largest absolute Gasteiger partial charge is 0.388 e. The van der Waals surface area contributed by atoms with E-state index in [2.05, 4.69) is 0 Å². The number of aliphatic hydroxyl groups excluding tert-OH is 1. The van der Waals surface area contributed by atoms with Crippen molar-refractivity contribution in [2.75, 3.05) is 33.7 Å². The molecule has 2 rings (SSSR count). The normalized spacial score (nSPS) is 25.6. The lowest BCUT2D eigenvalue weighted by atomic mass is 10.0. The Hall–Kier alpha value is -1.14. The number of hydrogen-bond acceptors (Lipinski definition) is 4. The molecule has 5 nitrogen and oxygen atoms in total. The number of hydrogen-bond donors (Lipinski definition) is 2. The smallest absolute Gasteiger partial charge is 0.227 e. The topological polar surface area (TPSA) is 64.0 Å². The van der Waals surface area contributed by atoms with Gasteiger partial charge in [0.05, 0.1) is 13.0 Å². The number of carbonyl (C=O) groups excluding carboxylic acids is 1. The van der Waals surface area contributed by atoms with E-state index < -0.39 is 11.7 Å². The molecule has 0 bridgehead atoms.